The van der Waals surface area contributed by atoms with Crippen molar-refractivity contribution >= 4 is 5.91 Å². The van der Waals surface area contributed by atoms with E-state index in [0.29, 0.717) is 6.42 Å². The number of carbonyl (C=O) groups excluding carboxylic acids is 1. The van der Waals surface area contributed by atoms with Gasteiger partial charge in [0.05, 0.1) is 24.3 Å². The summed E-state index contributed by atoms with van der Waals surface area (Å²) >= 11 is 0. The zero-order valence-corrected chi connectivity index (χ0v) is 13.7. The van der Waals surface area contributed by atoms with Gasteiger partial charge in [0.25, 0.3) is 5.56 Å². The summed E-state index contributed by atoms with van der Waals surface area (Å²) in [5.74, 6) is 0.0891. The second-order valence-electron chi connectivity index (χ2n) is 6.67. The highest BCUT2D eigenvalue weighted by Gasteiger charge is 2.26. The highest BCUT2D eigenvalue weighted by atomic mass is 16.5. The molecule has 1 aliphatic carbocycles. The summed E-state index contributed by atoms with van der Waals surface area (Å²) in [4.78, 5) is 24.0. The predicted octanol–water partition coefficient (Wildman–Crippen LogP) is 1.72. The zero-order valence-electron chi connectivity index (χ0n) is 13.7. The fourth-order valence-electron chi connectivity index (χ4n) is 3.55. The molecule has 1 atom stereocenters. The lowest BCUT2D eigenvalue weighted by atomic mass is 9.91. The first kappa shape index (κ1) is 16.2. The number of nitrogens with one attached hydrogen (secondary N) is 1. The summed E-state index contributed by atoms with van der Waals surface area (Å²) in [6.45, 7) is 2.67. The number of rotatable bonds is 4. The SMILES string of the molecule is Cc1ccc(=O)n(C2CCC(NC(=O)CC3CCCO3)CC2)n1. The van der Waals surface area contributed by atoms with Gasteiger partial charge in [0.2, 0.25) is 5.91 Å². The molecule has 1 amide bonds. The molecule has 1 unspecified atom stereocenters. The minimum Gasteiger partial charge on any atom is -0.378 e. The van der Waals surface area contributed by atoms with Gasteiger partial charge in [0, 0.05) is 18.7 Å². The third-order valence-corrected chi connectivity index (χ3v) is 4.80. The van der Waals surface area contributed by atoms with Crippen LogP contribution in [-0.4, -0.2) is 34.4 Å². The predicted molar refractivity (Wildman–Crippen MR) is 86.3 cm³/mol. The summed E-state index contributed by atoms with van der Waals surface area (Å²) in [5, 5.41) is 7.47. The van der Waals surface area contributed by atoms with E-state index < -0.39 is 0 Å². The van der Waals surface area contributed by atoms with Crippen LogP contribution in [0.3, 0.4) is 0 Å². The van der Waals surface area contributed by atoms with Gasteiger partial charge in [-0.05, 0) is 51.5 Å². The van der Waals surface area contributed by atoms with E-state index in [9.17, 15) is 9.59 Å². The molecule has 1 saturated heterocycles. The van der Waals surface area contributed by atoms with Crippen molar-refractivity contribution in [3.63, 3.8) is 0 Å². The minimum atomic E-state index is -0.0403. The Morgan fingerprint density at radius 1 is 1.30 bits per heavy atom. The Hall–Kier alpha value is -1.69. The van der Waals surface area contributed by atoms with Crippen molar-refractivity contribution in [2.24, 2.45) is 0 Å². The van der Waals surface area contributed by atoms with Crippen LogP contribution < -0.4 is 10.9 Å². The highest BCUT2D eigenvalue weighted by molar-refractivity contribution is 5.76. The van der Waals surface area contributed by atoms with E-state index in [2.05, 4.69) is 10.4 Å². The molecule has 0 aromatic carbocycles. The molecule has 126 valence electrons. The second-order valence-corrected chi connectivity index (χ2v) is 6.67. The van der Waals surface area contributed by atoms with Gasteiger partial charge in [0.15, 0.2) is 0 Å². The van der Waals surface area contributed by atoms with Crippen LogP contribution in [0.2, 0.25) is 0 Å². The normalized spacial score (nSPS) is 27.8. The van der Waals surface area contributed by atoms with E-state index in [1.54, 1.807) is 16.8 Å². The Bertz CT molecular complexity index is 599. The lowest BCUT2D eigenvalue weighted by Crippen LogP contribution is -2.40. The summed E-state index contributed by atoms with van der Waals surface area (Å²) in [6.07, 6.45) is 6.15. The van der Waals surface area contributed by atoms with Gasteiger partial charge in [-0.15, -0.1) is 0 Å². The van der Waals surface area contributed by atoms with Gasteiger partial charge < -0.3 is 10.1 Å². The highest BCUT2D eigenvalue weighted by Crippen LogP contribution is 2.27. The first-order valence-electron chi connectivity index (χ1n) is 8.59. The van der Waals surface area contributed by atoms with Crippen molar-refractivity contribution in [2.45, 2.75) is 70.1 Å². The molecule has 1 aromatic rings. The van der Waals surface area contributed by atoms with Gasteiger partial charge in [-0.1, -0.05) is 0 Å². The summed E-state index contributed by atoms with van der Waals surface area (Å²) in [5.41, 5.74) is 0.818. The monoisotopic (exact) mass is 319 g/mol. The Balaban J connectivity index is 1.49. The van der Waals surface area contributed by atoms with E-state index in [4.69, 9.17) is 4.74 Å². The maximum atomic E-state index is 12.1. The van der Waals surface area contributed by atoms with Crippen LogP contribution in [0.15, 0.2) is 16.9 Å². The molecule has 2 fully saturated rings. The number of aryl methyl sites for hydroxylation is 1. The molecule has 1 saturated carbocycles. The summed E-state index contributed by atoms with van der Waals surface area (Å²) in [6, 6.07) is 3.68. The van der Waals surface area contributed by atoms with Crippen molar-refractivity contribution in [1.82, 2.24) is 15.1 Å². The van der Waals surface area contributed by atoms with E-state index in [1.165, 1.54) is 0 Å². The third kappa shape index (κ3) is 4.19. The molecular formula is C17H25N3O3. The largest absolute Gasteiger partial charge is 0.378 e. The summed E-state index contributed by atoms with van der Waals surface area (Å²) in [7, 11) is 0. The standard InChI is InChI=1S/C17H25N3O3/c1-12-4-9-17(22)20(19-12)14-7-5-13(6-8-14)18-16(21)11-15-3-2-10-23-15/h4,9,13-15H,2-3,5-8,10-11H2,1H3,(H,18,21). The summed E-state index contributed by atoms with van der Waals surface area (Å²) < 4.78 is 7.12. The fraction of sp³-hybridized carbons (Fsp3) is 0.706. The number of hydrogen-bond acceptors (Lipinski definition) is 4. The average Bonchev–Trinajstić information content (AvgIpc) is 3.03. The lowest BCUT2D eigenvalue weighted by molar-refractivity contribution is -0.124. The molecule has 2 heterocycles. The molecule has 1 N–H and O–H groups in total. The first-order valence-corrected chi connectivity index (χ1v) is 8.59. The van der Waals surface area contributed by atoms with E-state index in [1.807, 2.05) is 6.92 Å². The number of amides is 1. The fourth-order valence-corrected chi connectivity index (χ4v) is 3.55. The third-order valence-electron chi connectivity index (χ3n) is 4.80. The van der Waals surface area contributed by atoms with Crippen LogP contribution in [-0.2, 0) is 9.53 Å². The number of aromatic nitrogens is 2. The van der Waals surface area contributed by atoms with Crippen LogP contribution in [0.1, 0.15) is 56.7 Å². The van der Waals surface area contributed by atoms with Gasteiger partial charge in [-0.25, -0.2) is 4.68 Å². The van der Waals surface area contributed by atoms with Crippen molar-refractivity contribution in [1.29, 1.82) is 0 Å². The number of ether oxygens (including phenoxy) is 1. The molecule has 0 bridgehead atoms. The zero-order chi connectivity index (χ0) is 16.2. The average molecular weight is 319 g/mol. The molecule has 6 nitrogen and oxygen atoms in total. The Kier molecular flexibility index (Phi) is 5.10. The molecule has 23 heavy (non-hydrogen) atoms. The molecule has 6 heteroatoms. The van der Waals surface area contributed by atoms with Gasteiger partial charge in [0.1, 0.15) is 0 Å². The van der Waals surface area contributed by atoms with Crippen LogP contribution >= 0.6 is 0 Å². The number of nitrogens with zero attached hydrogens (tertiary/aromatic N) is 2. The van der Waals surface area contributed by atoms with Gasteiger partial charge in [-0.2, -0.15) is 5.10 Å². The van der Waals surface area contributed by atoms with Crippen LogP contribution in [0.25, 0.3) is 0 Å². The lowest BCUT2D eigenvalue weighted by Gasteiger charge is -2.29. The Morgan fingerprint density at radius 3 is 2.78 bits per heavy atom. The molecule has 0 radical (unpaired) electrons. The molecule has 1 aromatic heterocycles. The van der Waals surface area contributed by atoms with Crippen LogP contribution in [0.4, 0.5) is 0 Å². The quantitative estimate of drug-likeness (QED) is 0.917. The first-order chi connectivity index (χ1) is 11.1. The maximum absolute atomic E-state index is 12.1. The van der Waals surface area contributed by atoms with Gasteiger partial charge >= 0.3 is 0 Å². The number of carbonyl (C=O) groups is 1. The second kappa shape index (κ2) is 7.25. The van der Waals surface area contributed by atoms with Crippen molar-refractivity contribution in [3.8, 4) is 0 Å². The molecule has 3 rings (SSSR count). The smallest absolute Gasteiger partial charge is 0.267 e. The molecule has 2 aliphatic rings. The number of hydrogen-bond donors (Lipinski definition) is 1. The van der Waals surface area contributed by atoms with Crippen LogP contribution in [0.5, 0.6) is 0 Å². The van der Waals surface area contributed by atoms with E-state index in [-0.39, 0.29) is 29.7 Å². The molecule has 1 aliphatic heterocycles. The van der Waals surface area contributed by atoms with Crippen molar-refractivity contribution < 1.29 is 9.53 Å². The van der Waals surface area contributed by atoms with E-state index >= 15 is 0 Å². The van der Waals surface area contributed by atoms with Crippen molar-refractivity contribution in [3.05, 3.63) is 28.2 Å². The minimum absolute atomic E-state index is 0.0403. The van der Waals surface area contributed by atoms with Crippen LogP contribution in [0, 0.1) is 6.92 Å². The Morgan fingerprint density at radius 2 is 2.09 bits per heavy atom. The van der Waals surface area contributed by atoms with Crippen molar-refractivity contribution in [2.75, 3.05) is 6.61 Å². The topological polar surface area (TPSA) is 73.2 Å². The molecule has 0 spiro atoms. The maximum Gasteiger partial charge on any atom is 0.267 e. The molecular weight excluding hydrogens is 294 g/mol. The Labute approximate surface area is 136 Å². The van der Waals surface area contributed by atoms with Gasteiger partial charge in [-0.3, -0.25) is 9.59 Å². The van der Waals surface area contributed by atoms with E-state index in [0.717, 1.165) is 50.8 Å².